The molecule has 68 valence electrons. The smallest absolute Gasteiger partial charge is 0.308 e. The monoisotopic (exact) mass is 169 g/mol. The van der Waals surface area contributed by atoms with Crippen LogP contribution in [0.1, 0.15) is 32.6 Å². The van der Waals surface area contributed by atoms with Gasteiger partial charge in [0.05, 0.1) is 6.42 Å². The number of nitrogens with zero attached hydrogens (tertiary/aromatic N) is 1. The van der Waals surface area contributed by atoms with Gasteiger partial charge >= 0.3 is 5.97 Å². The van der Waals surface area contributed by atoms with E-state index in [1.165, 1.54) is 12.6 Å². The van der Waals surface area contributed by atoms with Crippen LogP contribution in [0.2, 0.25) is 0 Å². The molecule has 0 unspecified atom stereocenters. The van der Waals surface area contributed by atoms with Gasteiger partial charge in [-0.1, -0.05) is 25.8 Å². The molecule has 0 aromatic rings. The van der Waals surface area contributed by atoms with E-state index in [-0.39, 0.29) is 6.42 Å². The average Bonchev–Trinajstić information content (AvgIpc) is 2.02. The van der Waals surface area contributed by atoms with Gasteiger partial charge in [0.1, 0.15) is 0 Å². The third kappa shape index (κ3) is 8.88. The minimum atomic E-state index is -0.847. The fraction of sp³-hybridized carbons (Fsp3) is 0.556. The Morgan fingerprint density at radius 1 is 1.58 bits per heavy atom. The predicted molar refractivity (Wildman–Crippen MR) is 49.4 cm³/mol. The van der Waals surface area contributed by atoms with Gasteiger partial charge in [0.15, 0.2) is 0 Å². The molecule has 0 saturated carbocycles. The lowest BCUT2D eigenvalue weighted by Crippen LogP contribution is -1.93. The first kappa shape index (κ1) is 10.9. The van der Waals surface area contributed by atoms with Crippen molar-refractivity contribution in [1.29, 1.82) is 0 Å². The Bertz CT molecular complexity index is 173. The third-order valence-corrected chi connectivity index (χ3v) is 1.29. The van der Waals surface area contributed by atoms with Crippen LogP contribution in [0.4, 0.5) is 0 Å². The van der Waals surface area contributed by atoms with Gasteiger partial charge < -0.3 is 5.11 Å². The molecule has 0 saturated heterocycles. The lowest BCUT2D eigenvalue weighted by Gasteiger charge is -1.85. The summed E-state index contributed by atoms with van der Waals surface area (Å²) in [5.74, 6) is -0.847. The number of carboxylic acids is 1. The highest BCUT2D eigenvalue weighted by molar-refractivity contribution is 5.84. The predicted octanol–water partition coefficient (Wildman–Crippen LogP) is 2.24. The van der Waals surface area contributed by atoms with Crippen molar-refractivity contribution in [2.24, 2.45) is 4.99 Å². The summed E-state index contributed by atoms with van der Waals surface area (Å²) >= 11 is 0. The molecule has 0 fully saturated rings. The van der Waals surface area contributed by atoms with Crippen LogP contribution in [0, 0.1) is 0 Å². The van der Waals surface area contributed by atoms with Crippen LogP contribution >= 0.6 is 0 Å². The molecule has 0 aliphatic carbocycles. The molecule has 0 aromatic carbocycles. The molecular weight excluding hydrogens is 154 g/mol. The van der Waals surface area contributed by atoms with Crippen LogP contribution < -0.4 is 0 Å². The third-order valence-electron chi connectivity index (χ3n) is 1.29. The first-order valence-corrected chi connectivity index (χ1v) is 4.15. The molecule has 0 aromatic heterocycles. The Kier molecular flexibility index (Phi) is 7.24. The second-order valence-electron chi connectivity index (χ2n) is 2.46. The van der Waals surface area contributed by atoms with E-state index in [2.05, 4.69) is 11.9 Å². The number of aliphatic carboxylic acids is 1. The van der Waals surface area contributed by atoms with Crippen LogP contribution in [0.5, 0.6) is 0 Å². The summed E-state index contributed by atoms with van der Waals surface area (Å²) < 4.78 is 0. The van der Waals surface area contributed by atoms with Gasteiger partial charge in [0.25, 0.3) is 0 Å². The molecular formula is C9H15NO2. The Morgan fingerprint density at radius 3 is 2.92 bits per heavy atom. The maximum absolute atomic E-state index is 10.0. The quantitative estimate of drug-likeness (QED) is 0.489. The van der Waals surface area contributed by atoms with Crippen molar-refractivity contribution >= 4 is 12.2 Å². The zero-order valence-corrected chi connectivity index (χ0v) is 7.36. The number of hydrogen-bond donors (Lipinski definition) is 1. The average molecular weight is 169 g/mol. The molecule has 1 N–H and O–H groups in total. The number of carboxylic acid groups (broad SMARTS) is 1. The van der Waals surface area contributed by atoms with E-state index in [0.29, 0.717) is 0 Å². The highest BCUT2D eigenvalue weighted by Gasteiger charge is 1.87. The summed E-state index contributed by atoms with van der Waals surface area (Å²) in [5.41, 5.74) is 0. The van der Waals surface area contributed by atoms with Crippen molar-refractivity contribution in [3.63, 3.8) is 0 Å². The van der Waals surface area contributed by atoms with E-state index in [0.717, 1.165) is 12.8 Å². The van der Waals surface area contributed by atoms with Crippen LogP contribution in [0.3, 0.4) is 0 Å². The van der Waals surface area contributed by atoms with Crippen molar-refractivity contribution in [2.45, 2.75) is 32.6 Å². The number of carbonyl (C=O) groups is 1. The Balaban J connectivity index is 3.33. The second-order valence-corrected chi connectivity index (χ2v) is 2.46. The Labute approximate surface area is 72.8 Å². The van der Waals surface area contributed by atoms with Crippen LogP contribution in [0.15, 0.2) is 17.3 Å². The number of hydrogen-bond acceptors (Lipinski definition) is 2. The molecule has 0 aliphatic rings. The highest BCUT2D eigenvalue weighted by atomic mass is 16.4. The zero-order chi connectivity index (χ0) is 9.23. The number of unbranched alkanes of at least 4 members (excludes halogenated alkanes) is 2. The number of allylic oxidation sites excluding steroid dienone is 1. The van der Waals surface area contributed by atoms with Gasteiger partial charge in [0, 0.05) is 12.4 Å². The maximum atomic E-state index is 10.0. The van der Waals surface area contributed by atoms with E-state index in [1.807, 2.05) is 6.08 Å². The lowest BCUT2D eigenvalue weighted by atomic mass is 10.2. The molecule has 0 atom stereocenters. The first-order chi connectivity index (χ1) is 5.77. The van der Waals surface area contributed by atoms with E-state index < -0.39 is 5.97 Å². The van der Waals surface area contributed by atoms with Crippen LogP contribution in [-0.2, 0) is 4.79 Å². The summed E-state index contributed by atoms with van der Waals surface area (Å²) in [6.07, 6.45) is 8.33. The molecule has 0 aliphatic heterocycles. The van der Waals surface area contributed by atoms with E-state index in [1.54, 1.807) is 6.20 Å². The first-order valence-electron chi connectivity index (χ1n) is 4.15. The van der Waals surface area contributed by atoms with Crippen LogP contribution in [-0.4, -0.2) is 17.3 Å². The molecule has 3 heteroatoms. The van der Waals surface area contributed by atoms with E-state index >= 15 is 0 Å². The molecule has 0 rings (SSSR count). The topological polar surface area (TPSA) is 49.7 Å². The van der Waals surface area contributed by atoms with Gasteiger partial charge in [-0.05, 0) is 6.42 Å². The normalized spacial score (nSPS) is 11.4. The Morgan fingerprint density at radius 2 is 2.33 bits per heavy atom. The summed E-state index contributed by atoms with van der Waals surface area (Å²) in [6.45, 7) is 2.13. The number of aliphatic imine (C=N–C) groups is 1. The molecule has 0 radical (unpaired) electrons. The van der Waals surface area contributed by atoms with Gasteiger partial charge in [-0.3, -0.25) is 9.79 Å². The summed E-state index contributed by atoms with van der Waals surface area (Å²) in [5, 5.41) is 8.24. The van der Waals surface area contributed by atoms with Crippen molar-refractivity contribution in [3.8, 4) is 0 Å². The molecule has 12 heavy (non-hydrogen) atoms. The lowest BCUT2D eigenvalue weighted by molar-refractivity contribution is -0.135. The van der Waals surface area contributed by atoms with Gasteiger partial charge in [-0.15, -0.1) is 0 Å². The summed E-state index contributed by atoms with van der Waals surface area (Å²) in [4.78, 5) is 13.8. The fourth-order valence-electron chi connectivity index (χ4n) is 0.649. The summed E-state index contributed by atoms with van der Waals surface area (Å²) in [7, 11) is 0. The largest absolute Gasteiger partial charge is 0.481 e. The summed E-state index contributed by atoms with van der Waals surface area (Å²) in [6, 6.07) is 0. The van der Waals surface area contributed by atoms with Crippen molar-refractivity contribution < 1.29 is 9.90 Å². The van der Waals surface area contributed by atoms with E-state index in [9.17, 15) is 4.79 Å². The van der Waals surface area contributed by atoms with Crippen molar-refractivity contribution in [2.75, 3.05) is 0 Å². The highest BCUT2D eigenvalue weighted by Crippen LogP contribution is 1.94. The molecule has 0 amide bonds. The minimum Gasteiger partial charge on any atom is -0.481 e. The standard InChI is InChI=1S/C9H15NO2/c1-2-3-4-5-7-10-8-6-9(11)12/h5,7-8H,2-4,6H2,1H3,(H,11,12). The SMILES string of the molecule is CCCCC=CN=CCC(=O)O. The van der Waals surface area contributed by atoms with Crippen LogP contribution in [0.25, 0.3) is 0 Å². The zero-order valence-electron chi connectivity index (χ0n) is 7.36. The van der Waals surface area contributed by atoms with Crippen molar-refractivity contribution in [3.05, 3.63) is 12.3 Å². The molecule has 0 heterocycles. The van der Waals surface area contributed by atoms with E-state index in [4.69, 9.17) is 5.11 Å². The second kappa shape index (κ2) is 7.98. The number of rotatable bonds is 6. The van der Waals surface area contributed by atoms with Gasteiger partial charge in [0.2, 0.25) is 0 Å². The van der Waals surface area contributed by atoms with Gasteiger partial charge in [-0.25, -0.2) is 0 Å². The molecule has 3 nitrogen and oxygen atoms in total. The fourth-order valence-corrected chi connectivity index (χ4v) is 0.649. The molecule has 0 bridgehead atoms. The minimum absolute atomic E-state index is 0.00187. The molecule has 0 spiro atoms. The van der Waals surface area contributed by atoms with Crippen molar-refractivity contribution in [1.82, 2.24) is 0 Å². The van der Waals surface area contributed by atoms with Gasteiger partial charge in [-0.2, -0.15) is 0 Å². The Hall–Kier alpha value is -1.12. The maximum Gasteiger partial charge on any atom is 0.308 e.